The molecule has 0 amide bonds. The molecule has 1 rings (SSSR count). The number of rotatable bonds is 3. The van der Waals surface area contributed by atoms with Crippen molar-refractivity contribution in [3.8, 4) is 0 Å². The first kappa shape index (κ1) is 10.7. The van der Waals surface area contributed by atoms with Crippen LogP contribution >= 0.6 is 0 Å². The van der Waals surface area contributed by atoms with Crippen molar-refractivity contribution in [2.45, 2.75) is 44.8 Å². The Labute approximate surface area is 81.2 Å². The molecule has 1 aliphatic carbocycles. The van der Waals surface area contributed by atoms with Crippen molar-refractivity contribution in [1.82, 2.24) is 4.90 Å². The van der Waals surface area contributed by atoms with Gasteiger partial charge in [0.2, 0.25) is 0 Å². The van der Waals surface area contributed by atoms with Crippen LogP contribution in [-0.4, -0.2) is 35.2 Å². The Kier molecular flexibility index (Phi) is 3.51. The molecular formula is C11H21NO. The molecule has 1 N–H and O–H groups in total. The highest BCUT2D eigenvalue weighted by Crippen LogP contribution is 2.16. The van der Waals surface area contributed by atoms with Crippen LogP contribution < -0.4 is 0 Å². The molecule has 2 heteroatoms. The maximum atomic E-state index is 9.65. The number of hydrogen-bond acceptors (Lipinski definition) is 2. The van der Waals surface area contributed by atoms with Gasteiger partial charge in [-0.2, -0.15) is 0 Å². The van der Waals surface area contributed by atoms with Crippen molar-refractivity contribution < 1.29 is 5.11 Å². The second-order valence-electron chi connectivity index (χ2n) is 4.65. The summed E-state index contributed by atoms with van der Waals surface area (Å²) < 4.78 is 0. The molecule has 0 fully saturated rings. The Bertz CT molecular complexity index is 181. The average molecular weight is 183 g/mol. The summed E-state index contributed by atoms with van der Waals surface area (Å²) in [5.74, 6) is 0. The highest BCUT2D eigenvalue weighted by molar-refractivity contribution is 4.98. The summed E-state index contributed by atoms with van der Waals surface area (Å²) in [5, 5.41) is 9.65. The van der Waals surface area contributed by atoms with Crippen LogP contribution in [0.25, 0.3) is 0 Å². The van der Waals surface area contributed by atoms with Crippen LogP contribution in [0.3, 0.4) is 0 Å². The summed E-state index contributed by atoms with van der Waals surface area (Å²) in [6.07, 6.45) is 8.22. The molecule has 76 valence electrons. The summed E-state index contributed by atoms with van der Waals surface area (Å²) in [6.45, 7) is 4.45. The summed E-state index contributed by atoms with van der Waals surface area (Å²) in [7, 11) is 2.08. The lowest BCUT2D eigenvalue weighted by Gasteiger charge is -2.32. The Balaban J connectivity index is 2.42. The normalized spacial score (nSPS) is 23.9. The van der Waals surface area contributed by atoms with Gasteiger partial charge in [0.25, 0.3) is 0 Å². The molecule has 1 unspecified atom stereocenters. The summed E-state index contributed by atoms with van der Waals surface area (Å²) in [5.41, 5.74) is -0.583. The van der Waals surface area contributed by atoms with E-state index >= 15 is 0 Å². The van der Waals surface area contributed by atoms with E-state index in [2.05, 4.69) is 24.1 Å². The number of likely N-dealkylation sites (N-methyl/N-ethyl adjacent to an activating group) is 1. The molecule has 13 heavy (non-hydrogen) atoms. The van der Waals surface area contributed by atoms with Crippen LogP contribution in [-0.2, 0) is 0 Å². The van der Waals surface area contributed by atoms with E-state index in [1.165, 1.54) is 19.3 Å². The molecule has 0 aromatic carbocycles. The van der Waals surface area contributed by atoms with Crippen molar-refractivity contribution in [2.24, 2.45) is 0 Å². The van der Waals surface area contributed by atoms with Gasteiger partial charge >= 0.3 is 0 Å². The minimum Gasteiger partial charge on any atom is -0.389 e. The van der Waals surface area contributed by atoms with Gasteiger partial charge in [0.05, 0.1) is 5.60 Å². The molecule has 0 aromatic rings. The third kappa shape index (κ3) is 3.92. The second-order valence-corrected chi connectivity index (χ2v) is 4.65. The van der Waals surface area contributed by atoms with E-state index in [0.717, 1.165) is 6.54 Å². The molecule has 0 spiro atoms. The molecule has 0 aromatic heterocycles. The van der Waals surface area contributed by atoms with Crippen LogP contribution in [0, 0.1) is 0 Å². The first-order chi connectivity index (χ1) is 5.99. The lowest BCUT2D eigenvalue weighted by Crippen LogP contribution is -2.41. The van der Waals surface area contributed by atoms with Gasteiger partial charge in [0, 0.05) is 12.6 Å². The Morgan fingerprint density at radius 1 is 1.54 bits per heavy atom. The quantitative estimate of drug-likeness (QED) is 0.674. The van der Waals surface area contributed by atoms with E-state index < -0.39 is 5.60 Å². The first-order valence-electron chi connectivity index (χ1n) is 5.08. The van der Waals surface area contributed by atoms with Crippen LogP contribution in [0.1, 0.15) is 33.1 Å². The molecule has 1 atom stereocenters. The largest absolute Gasteiger partial charge is 0.389 e. The average Bonchev–Trinajstić information content (AvgIpc) is 2.03. The number of hydrogen-bond donors (Lipinski definition) is 1. The minimum absolute atomic E-state index is 0.528. The summed E-state index contributed by atoms with van der Waals surface area (Å²) in [4.78, 5) is 2.23. The lowest BCUT2D eigenvalue weighted by molar-refractivity contribution is 0.0354. The predicted octanol–water partition coefficient (Wildman–Crippen LogP) is 1.80. The maximum Gasteiger partial charge on any atom is 0.0718 e. The maximum absolute atomic E-state index is 9.65. The van der Waals surface area contributed by atoms with E-state index in [9.17, 15) is 5.11 Å². The molecule has 2 nitrogen and oxygen atoms in total. The molecule has 0 bridgehead atoms. The van der Waals surface area contributed by atoms with Crippen molar-refractivity contribution in [2.75, 3.05) is 13.6 Å². The standard InChI is InChI=1S/C11H21NO/c1-11(2,13)9-12(3)10-7-5-4-6-8-10/h5,7,10,13H,4,6,8-9H2,1-3H3. The van der Waals surface area contributed by atoms with Gasteiger partial charge in [-0.15, -0.1) is 0 Å². The smallest absolute Gasteiger partial charge is 0.0718 e. The van der Waals surface area contributed by atoms with E-state index in [-0.39, 0.29) is 0 Å². The molecule has 0 heterocycles. The highest BCUT2D eigenvalue weighted by atomic mass is 16.3. The molecular weight excluding hydrogens is 162 g/mol. The zero-order valence-corrected chi connectivity index (χ0v) is 8.95. The van der Waals surface area contributed by atoms with Crippen molar-refractivity contribution in [3.05, 3.63) is 12.2 Å². The Morgan fingerprint density at radius 2 is 2.23 bits per heavy atom. The van der Waals surface area contributed by atoms with Crippen LogP contribution in [0.15, 0.2) is 12.2 Å². The van der Waals surface area contributed by atoms with Crippen LogP contribution in [0.2, 0.25) is 0 Å². The molecule has 0 saturated carbocycles. The minimum atomic E-state index is -0.583. The van der Waals surface area contributed by atoms with Crippen LogP contribution in [0.4, 0.5) is 0 Å². The number of aliphatic hydroxyl groups is 1. The van der Waals surface area contributed by atoms with E-state index in [1.807, 2.05) is 13.8 Å². The molecule has 0 radical (unpaired) electrons. The summed E-state index contributed by atoms with van der Waals surface area (Å²) in [6, 6.07) is 0.528. The van der Waals surface area contributed by atoms with Crippen molar-refractivity contribution in [1.29, 1.82) is 0 Å². The molecule has 0 saturated heterocycles. The van der Waals surface area contributed by atoms with Crippen LogP contribution in [0.5, 0.6) is 0 Å². The fourth-order valence-corrected chi connectivity index (χ4v) is 1.89. The van der Waals surface area contributed by atoms with Gasteiger partial charge in [-0.3, -0.25) is 4.90 Å². The van der Waals surface area contributed by atoms with Crippen molar-refractivity contribution in [3.63, 3.8) is 0 Å². The number of allylic oxidation sites excluding steroid dienone is 1. The van der Waals surface area contributed by atoms with E-state index in [4.69, 9.17) is 0 Å². The second kappa shape index (κ2) is 4.25. The Hall–Kier alpha value is -0.340. The molecule has 0 aliphatic heterocycles. The first-order valence-corrected chi connectivity index (χ1v) is 5.08. The van der Waals surface area contributed by atoms with Gasteiger partial charge in [-0.25, -0.2) is 0 Å². The zero-order valence-electron chi connectivity index (χ0n) is 8.95. The van der Waals surface area contributed by atoms with E-state index in [1.54, 1.807) is 0 Å². The third-order valence-electron chi connectivity index (χ3n) is 2.43. The van der Waals surface area contributed by atoms with Crippen molar-refractivity contribution >= 4 is 0 Å². The Morgan fingerprint density at radius 3 is 2.69 bits per heavy atom. The van der Waals surface area contributed by atoms with Gasteiger partial charge in [-0.1, -0.05) is 12.2 Å². The fourth-order valence-electron chi connectivity index (χ4n) is 1.89. The monoisotopic (exact) mass is 183 g/mol. The topological polar surface area (TPSA) is 23.5 Å². The third-order valence-corrected chi connectivity index (χ3v) is 2.43. The fraction of sp³-hybridized carbons (Fsp3) is 0.818. The van der Waals surface area contributed by atoms with Gasteiger partial charge in [-0.05, 0) is 40.2 Å². The molecule has 1 aliphatic rings. The highest BCUT2D eigenvalue weighted by Gasteiger charge is 2.20. The van der Waals surface area contributed by atoms with Gasteiger partial charge in [0.15, 0.2) is 0 Å². The van der Waals surface area contributed by atoms with Gasteiger partial charge in [0.1, 0.15) is 0 Å². The predicted molar refractivity (Wildman–Crippen MR) is 55.7 cm³/mol. The van der Waals surface area contributed by atoms with Gasteiger partial charge < -0.3 is 5.11 Å². The zero-order chi connectivity index (χ0) is 9.90. The summed E-state index contributed by atoms with van der Waals surface area (Å²) >= 11 is 0. The SMILES string of the molecule is CN(CC(C)(C)O)C1C=CCCC1. The number of nitrogens with zero attached hydrogens (tertiary/aromatic N) is 1. The van der Waals surface area contributed by atoms with E-state index in [0.29, 0.717) is 6.04 Å². The lowest BCUT2D eigenvalue weighted by atomic mass is 10.00.